The highest BCUT2D eigenvalue weighted by Crippen LogP contribution is 2.58. The van der Waals surface area contributed by atoms with Crippen molar-refractivity contribution in [1.82, 2.24) is 0 Å². The lowest BCUT2D eigenvalue weighted by Gasteiger charge is -2.28. The molecule has 180 valence electrons. The van der Waals surface area contributed by atoms with Crippen LogP contribution in [0.3, 0.4) is 0 Å². The number of rotatable bonds is 2. The van der Waals surface area contributed by atoms with Gasteiger partial charge in [0, 0.05) is 31.8 Å². The highest BCUT2D eigenvalue weighted by molar-refractivity contribution is 6.38. The van der Waals surface area contributed by atoms with Crippen molar-refractivity contribution >= 4 is 63.9 Å². The lowest BCUT2D eigenvalue weighted by Crippen LogP contribution is -2.51. The Balaban J connectivity index is 1.58. The molecule has 1 spiro atoms. The maximum absolute atomic E-state index is 14.0. The van der Waals surface area contributed by atoms with Gasteiger partial charge in [0.2, 0.25) is 29.0 Å². The monoisotopic (exact) mass is 539 g/mol. The number of fused-ring (bicyclic) bond motifs is 3. The molecule has 3 atom stereocenters. The summed E-state index contributed by atoms with van der Waals surface area (Å²) in [4.78, 5) is 56.6. The second-order valence-corrected chi connectivity index (χ2v) is 10.4. The van der Waals surface area contributed by atoms with Crippen LogP contribution in [0.2, 0.25) is 15.1 Å². The number of aryl methyl sites for hydroxylation is 1. The number of imide groups is 1. The van der Waals surface area contributed by atoms with E-state index in [4.69, 9.17) is 39.5 Å². The van der Waals surface area contributed by atoms with Crippen LogP contribution in [-0.4, -0.2) is 29.0 Å². The second-order valence-electron chi connectivity index (χ2n) is 9.09. The molecule has 2 fully saturated rings. The average Bonchev–Trinajstić information content (AvgIpc) is 3.41. The molecule has 0 saturated carbocycles. The van der Waals surface area contributed by atoms with Crippen LogP contribution >= 0.6 is 34.8 Å². The molecule has 2 heterocycles. The number of Topliss-reactive ketones (excluding diaryl/α,β-unsaturated/α-hetero) is 2. The van der Waals surface area contributed by atoms with E-state index in [1.54, 1.807) is 43.3 Å². The number of anilines is 1. The molecule has 6 rings (SSSR count). The number of benzene rings is 3. The Morgan fingerprint density at radius 1 is 0.806 bits per heavy atom. The summed E-state index contributed by atoms with van der Waals surface area (Å²) >= 11 is 18.7. The molecule has 0 bridgehead atoms. The number of ether oxygens (including phenoxy) is 1. The van der Waals surface area contributed by atoms with Crippen LogP contribution in [0.1, 0.15) is 37.9 Å². The first-order chi connectivity index (χ1) is 17.2. The summed E-state index contributed by atoms with van der Waals surface area (Å²) in [6, 6.07) is 15.8. The third-order valence-corrected chi connectivity index (χ3v) is 8.00. The normalized spacial score (nSPS) is 24.1. The topological polar surface area (TPSA) is 80.8 Å². The van der Waals surface area contributed by atoms with Crippen LogP contribution in [0, 0.1) is 18.8 Å². The Bertz CT molecular complexity index is 1500. The summed E-state index contributed by atoms with van der Waals surface area (Å²) in [6.45, 7) is 1.74. The van der Waals surface area contributed by atoms with Crippen molar-refractivity contribution in [3.05, 3.63) is 98.0 Å². The van der Waals surface area contributed by atoms with Crippen LogP contribution in [0.15, 0.2) is 60.7 Å². The van der Waals surface area contributed by atoms with Gasteiger partial charge in [0.15, 0.2) is 0 Å². The third-order valence-electron chi connectivity index (χ3n) is 7.20. The van der Waals surface area contributed by atoms with E-state index in [2.05, 4.69) is 0 Å². The van der Waals surface area contributed by atoms with Crippen LogP contribution in [-0.2, 0) is 14.3 Å². The van der Waals surface area contributed by atoms with Gasteiger partial charge in [0.1, 0.15) is 0 Å². The molecule has 0 unspecified atom stereocenters. The van der Waals surface area contributed by atoms with E-state index in [9.17, 15) is 19.2 Å². The number of hydrogen-bond donors (Lipinski definition) is 0. The Labute approximate surface area is 220 Å². The summed E-state index contributed by atoms with van der Waals surface area (Å²) < 4.78 is 6.25. The predicted octanol–water partition coefficient (Wildman–Crippen LogP) is 5.65. The van der Waals surface area contributed by atoms with Gasteiger partial charge in [-0.15, -0.1) is 0 Å². The smallest absolute Gasteiger partial charge is 0.241 e. The standard InChI is InChI=1S/C27H16Cl3NO5/c1-12-6-7-14(29)11-19(12)31-25(34)20-21(26(31)35)27(23(32)15-4-2-3-5-16(15)24(27)33)36-22(20)17-9-8-13(28)10-18(17)30/h2-11,20-22H,1H3/t20-,21+,22-/m1/s1. The predicted molar refractivity (Wildman–Crippen MR) is 134 cm³/mol. The zero-order valence-electron chi connectivity index (χ0n) is 18.6. The summed E-state index contributed by atoms with van der Waals surface area (Å²) in [5.74, 6) is -5.13. The highest BCUT2D eigenvalue weighted by Gasteiger charge is 2.75. The fourth-order valence-corrected chi connectivity index (χ4v) is 6.28. The Hall–Kier alpha value is -3.03. The number of amides is 2. The number of nitrogens with zero attached hydrogens (tertiary/aromatic N) is 1. The molecule has 0 radical (unpaired) electrons. The quantitative estimate of drug-likeness (QED) is 0.310. The molecule has 2 aliphatic heterocycles. The SMILES string of the molecule is Cc1ccc(Cl)cc1N1C(=O)[C@H]2[C@@H](c3ccc(Cl)cc3Cl)OC3(C(=O)c4ccccc4C3=O)[C@@H]2C1=O. The van der Waals surface area contributed by atoms with Crippen molar-refractivity contribution in [2.75, 3.05) is 4.90 Å². The van der Waals surface area contributed by atoms with Crippen LogP contribution < -0.4 is 4.90 Å². The highest BCUT2D eigenvalue weighted by atomic mass is 35.5. The summed E-state index contributed by atoms with van der Waals surface area (Å²) in [5.41, 5.74) is -0.600. The fraction of sp³-hybridized carbons (Fsp3) is 0.185. The molecule has 2 amide bonds. The fourth-order valence-electron chi connectivity index (χ4n) is 5.59. The maximum atomic E-state index is 14.0. The van der Waals surface area contributed by atoms with Gasteiger partial charge in [0.25, 0.3) is 0 Å². The number of carbonyl (C=O) groups excluding carboxylic acids is 4. The summed E-state index contributed by atoms with van der Waals surface area (Å²) in [6.07, 6.45) is -1.14. The zero-order valence-corrected chi connectivity index (χ0v) is 20.9. The Morgan fingerprint density at radius 2 is 1.42 bits per heavy atom. The van der Waals surface area contributed by atoms with Crippen molar-refractivity contribution in [3.63, 3.8) is 0 Å². The Morgan fingerprint density at radius 3 is 2.06 bits per heavy atom. The number of halogens is 3. The van der Waals surface area contributed by atoms with E-state index in [0.29, 0.717) is 26.9 Å². The first kappa shape index (κ1) is 23.4. The van der Waals surface area contributed by atoms with Gasteiger partial charge in [-0.2, -0.15) is 0 Å². The number of carbonyl (C=O) groups is 4. The molecular weight excluding hydrogens is 525 g/mol. The van der Waals surface area contributed by atoms with Crippen molar-refractivity contribution in [2.24, 2.45) is 11.8 Å². The molecule has 9 heteroatoms. The zero-order chi connectivity index (χ0) is 25.5. The van der Waals surface area contributed by atoms with E-state index in [1.165, 1.54) is 24.3 Å². The van der Waals surface area contributed by atoms with Gasteiger partial charge in [-0.1, -0.05) is 71.2 Å². The minimum Gasteiger partial charge on any atom is -0.349 e. The molecule has 0 N–H and O–H groups in total. The van der Waals surface area contributed by atoms with Gasteiger partial charge in [-0.05, 0) is 36.8 Å². The molecular formula is C27H16Cl3NO5. The van der Waals surface area contributed by atoms with E-state index >= 15 is 0 Å². The summed E-state index contributed by atoms with van der Waals surface area (Å²) in [7, 11) is 0. The lowest BCUT2D eigenvalue weighted by molar-refractivity contribution is -0.127. The molecule has 36 heavy (non-hydrogen) atoms. The van der Waals surface area contributed by atoms with E-state index in [-0.39, 0.29) is 16.1 Å². The molecule has 3 aliphatic rings. The van der Waals surface area contributed by atoms with E-state index < -0.39 is 46.9 Å². The van der Waals surface area contributed by atoms with Crippen LogP contribution in [0.25, 0.3) is 0 Å². The number of ketones is 2. The number of hydrogen-bond acceptors (Lipinski definition) is 5. The van der Waals surface area contributed by atoms with Crippen molar-refractivity contribution < 1.29 is 23.9 Å². The van der Waals surface area contributed by atoms with Gasteiger partial charge in [-0.3, -0.25) is 19.2 Å². The van der Waals surface area contributed by atoms with Gasteiger partial charge < -0.3 is 4.74 Å². The van der Waals surface area contributed by atoms with E-state index in [1.807, 2.05) is 0 Å². The molecule has 0 aromatic heterocycles. The maximum Gasteiger partial charge on any atom is 0.241 e. The van der Waals surface area contributed by atoms with Gasteiger partial charge >= 0.3 is 0 Å². The minimum absolute atomic E-state index is 0.154. The molecule has 3 aromatic rings. The minimum atomic E-state index is -2.18. The van der Waals surface area contributed by atoms with Gasteiger partial charge in [0.05, 0.1) is 23.6 Å². The summed E-state index contributed by atoms with van der Waals surface area (Å²) in [5, 5.41) is 0.881. The first-order valence-corrected chi connectivity index (χ1v) is 12.3. The first-order valence-electron chi connectivity index (χ1n) is 11.1. The van der Waals surface area contributed by atoms with Crippen molar-refractivity contribution in [3.8, 4) is 0 Å². The van der Waals surface area contributed by atoms with E-state index in [0.717, 1.165) is 4.90 Å². The van der Waals surface area contributed by atoms with Crippen molar-refractivity contribution in [1.29, 1.82) is 0 Å². The third kappa shape index (κ3) is 2.96. The van der Waals surface area contributed by atoms with Crippen LogP contribution in [0.5, 0.6) is 0 Å². The lowest BCUT2D eigenvalue weighted by atomic mass is 9.77. The van der Waals surface area contributed by atoms with Gasteiger partial charge in [-0.25, -0.2) is 4.90 Å². The van der Waals surface area contributed by atoms with Crippen LogP contribution in [0.4, 0.5) is 5.69 Å². The molecule has 1 aliphatic carbocycles. The molecule has 6 nitrogen and oxygen atoms in total. The Kier molecular flexibility index (Phi) is 5.18. The average molecular weight is 541 g/mol. The van der Waals surface area contributed by atoms with Crippen molar-refractivity contribution in [2.45, 2.75) is 18.6 Å². The molecule has 2 saturated heterocycles. The second kappa shape index (κ2) is 7.98. The molecule has 3 aromatic carbocycles. The largest absolute Gasteiger partial charge is 0.349 e.